The minimum absolute atomic E-state index is 0.0866. The number of hydrogen-bond acceptors (Lipinski definition) is 4. The van der Waals surface area contributed by atoms with E-state index in [1.807, 2.05) is 54.6 Å². The molecule has 0 saturated carbocycles. The Kier molecular flexibility index (Phi) is 4.68. The van der Waals surface area contributed by atoms with Crippen LogP contribution in [0.3, 0.4) is 0 Å². The Morgan fingerprint density at radius 3 is 2.50 bits per heavy atom. The first-order valence-electron chi connectivity index (χ1n) is 7.26. The van der Waals surface area contributed by atoms with Gasteiger partial charge in [-0.15, -0.1) is 0 Å². The average molecular weight is 298 g/mol. The molecule has 2 N–H and O–H groups in total. The molecule has 5 heteroatoms. The summed E-state index contributed by atoms with van der Waals surface area (Å²) in [5.41, 5.74) is 0.734. The van der Waals surface area contributed by atoms with Crippen LogP contribution in [-0.2, 0) is 9.53 Å². The van der Waals surface area contributed by atoms with Crippen LogP contribution in [0.5, 0.6) is 11.5 Å². The van der Waals surface area contributed by atoms with Crippen molar-refractivity contribution in [3.8, 4) is 11.5 Å². The molecular weight excluding hydrogens is 280 g/mol. The molecule has 1 saturated heterocycles. The second-order valence-electron chi connectivity index (χ2n) is 5.01. The number of amides is 1. The fourth-order valence-corrected chi connectivity index (χ4v) is 2.19. The molecule has 2 aromatic rings. The molecule has 22 heavy (non-hydrogen) atoms. The van der Waals surface area contributed by atoms with Crippen LogP contribution in [0.2, 0.25) is 0 Å². The lowest BCUT2D eigenvalue weighted by Crippen LogP contribution is -2.48. The lowest BCUT2D eigenvalue weighted by atomic mass is 10.2. The summed E-state index contributed by atoms with van der Waals surface area (Å²) < 4.78 is 11.0. The largest absolute Gasteiger partial charge is 0.457 e. The molecule has 0 bridgehead atoms. The summed E-state index contributed by atoms with van der Waals surface area (Å²) in [6.07, 6.45) is 0. The lowest BCUT2D eigenvalue weighted by Gasteiger charge is -2.22. The van der Waals surface area contributed by atoms with E-state index in [1.165, 1.54) is 0 Å². The quantitative estimate of drug-likeness (QED) is 0.910. The Morgan fingerprint density at radius 2 is 1.82 bits per heavy atom. The van der Waals surface area contributed by atoms with Crippen molar-refractivity contribution >= 4 is 11.6 Å². The van der Waals surface area contributed by atoms with Gasteiger partial charge in [-0.25, -0.2) is 0 Å². The smallest absolute Gasteiger partial charge is 0.243 e. The lowest BCUT2D eigenvalue weighted by molar-refractivity contribution is -0.120. The second kappa shape index (κ2) is 7.06. The van der Waals surface area contributed by atoms with Gasteiger partial charge in [0.1, 0.15) is 17.5 Å². The van der Waals surface area contributed by atoms with Crippen LogP contribution >= 0.6 is 0 Å². The van der Waals surface area contributed by atoms with Crippen molar-refractivity contribution in [3.05, 3.63) is 54.6 Å². The van der Waals surface area contributed by atoms with Gasteiger partial charge in [-0.3, -0.25) is 4.79 Å². The third-order valence-corrected chi connectivity index (χ3v) is 3.34. The maximum absolute atomic E-state index is 12.1. The number of para-hydroxylation sites is 1. The van der Waals surface area contributed by atoms with Gasteiger partial charge in [-0.05, 0) is 36.4 Å². The highest BCUT2D eigenvalue weighted by Crippen LogP contribution is 2.22. The highest BCUT2D eigenvalue weighted by molar-refractivity contribution is 5.95. The van der Waals surface area contributed by atoms with Gasteiger partial charge < -0.3 is 20.1 Å². The van der Waals surface area contributed by atoms with Gasteiger partial charge in [0.15, 0.2) is 0 Å². The summed E-state index contributed by atoms with van der Waals surface area (Å²) in [4.78, 5) is 12.1. The molecule has 1 fully saturated rings. The first-order chi connectivity index (χ1) is 10.8. The topological polar surface area (TPSA) is 59.6 Å². The summed E-state index contributed by atoms with van der Waals surface area (Å²) in [6, 6.07) is 16.6. The summed E-state index contributed by atoms with van der Waals surface area (Å²) >= 11 is 0. The maximum Gasteiger partial charge on any atom is 0.243 e. The van der Waals surface area contributed by atoms with E-state index >= 15 is 0 Å². The Hall–Kier alpha value is -2.37. The van der Waals surface area contributed by atoms with E-state index in [1.54, 1.807) is 0 Å². The molecule has 5 nitrogen and oxygen atoms in total. The number of anilines is 1. The number of hydrogen-bond donors (Lipinski definition) is 2. The van der Waals surface area contributed by atoms with Crippen LogP contribution in [0, 0.1) is 0 Å². The predicted molar refractivity (Wildman–Crippen MR) is 84.2 cm³/mol. The molecule has 0 spiro atoms. The minimum atomic E-state index is -0.297. The van der Waals surface area contributed by atoms with E-state index in [9.17, 15) is 4.79 Å². The summed E-state index contributed by atoms with van der Waals surface area (Å²) in [7, 11) is 0. The van der Waals surface area contributed by atoms with Gasteiger partial charge in [0, 0.05) is 12.2 Å². The van der Waals surface area contributed by atoms with E-state index in [0.717, 1.165) is 17.2 Å². The van der Waals surface area contributed by atoms with Crippen LogP contribution in [0.1, 0.15) is 0 Å². The average Bonchev–Trinajstić information content (AvgIpc) is 2.58. The molecule has 2 aromatic carbocycles. The molecule has 1 amide bonds. The molecule has 0 radical (unpaired) electrons. The summed E-state index contributed by atoms with van der Waals surface area (Å²) in [5, 5.41) is 5.99. The highest BCUT2D eigenvalue weighted by Gasteiger charge is 2.20. The number of nitrogens with one attached hydrogen (secondary N) is 2. The number of morpholine rings is 1. The Bertz CT molecular complexity index is 608. The number of benzene rings is 2. The van der Waals surface area contributed by atoms with Crippen molar-refractivity contribution < 1.29 is 14.3 Å². The maximum atomic E-state index is 12.1. The van der Waals surface area contributed by atoms with Gasteiger partial charge in [0.2, 0.25) is 5.91 Å². The standard InChI is InChI=1S/C17H18N2O3/c20-17(16-12-21-11-10-18-16)19-13-6-8-15(9-7-13)22-14-4-2-1-3-5-14/h1-9,16,18H,10-12H2,(H,19,20)/t16-/m0/s1. The summed E-state index contributed by atoms with van der Waals surface area (Å²) in [5.74, 6) is 1.42. The first kappa shape index (κ1) is 14.6. The Labute approximate surface area is 129 Å². The third-order valence-electron chi connectivity index (χ3n) is 3.34. The fraction of sp³-hybridized carbons (Fsp3) is 0.235. The van der Waals surface area contributed by atoms with Gasteiger partial charge in [0.25, 0.3) is 0 Å². The van der Waals surface area contributed by atoms with Crippen LogP contribution in [0.4, 0.5) is 5.69 Å². The molecule has 0 unspecified atom stereocenters. The zero-order valence-electron chi connectivity index (χ0n) is 12.1. The fourth-order valence-electron chi connectivity index (χ4n) is 2.19. The third kappa shape index (κ3) is 3.84. The number of ether oxygens (including phenoxy) is 2. The SMILES string of the molecule is O=C(Nc1ccc(Oc2ccccc2)cc1)[C@@H]1COCCN1. The van der Waals surface area contributed by atoms with Crippen molar-refractivity contribution in [2.75, 3.05) is 25.1 Å². The molecule has 0 aromatic heterocycles. The van der Waals surface area contributed by atoms with Gasteiger partial charge >= 0.3 is 0 Å². The Balaban J connectivity index is 1.58. The van der Waals surface area contributed by atoms with Crippen molar-refractivity contribution in [1.82, 2.24) is 5.32 Å². The van der Waals surface area contributed by atoms with Crippen molar-refractivity contribution in [3.63, 3.8) is 0 Å². The summed E-state index contributed by atoms with van der Waals surface area (Å²) in [6.45, 7) is 1.75. The molecule has 114 valence electrons. The predicted octanol–water partition coefficient (Wildman–Crippen LogP) is 2.41. The number of carbonyl (C=O) groups excluding carboxylic acids is 1. The molecule has 3 rings (SSSR count). The van der Waals surface area contributed by atoms with E-state index in [2.05, 4.69) is 10.6 Å². The number of rotatable bonds is 4. The molecule has 0 aliphatic carbocycles. The van der Waals surface area contributed by atoms with Gasteiger partial charge in [0.05, 0.1) is 13.2 Å². The first-order valence-corrected chi connectivity index (χ1v) is 7.26. The van der Waals surface area contributed by atoms with Crippen LogP contribution in [0.25, 0.3) is 0 Å². The minimum Gasteiger partial charge on any atom is -0.457 e. The van der Waals surface area contributed by atoms with E-state index in [-0.39, 0.29) is 11.9 Å². The normalized spacial score (nSPS) is 17.7. The number of carbonyl (C=O) groups is 1. The Morgan fingerprint density at radius 1 is 1.09 bits per heavy atom. The van der Waals surface area contributed by atoms with Gasteiger partial charge in [-0.1, -0.05) is 18.2 Å². The van der Waals surface area contributed by atoms with Gasteiger partial charge in [-0.2, -0.15) is 0 Å². The molecular formula is C17H18N2O3. The van der Waals surface area contributed by atoms with Crippen LogP contribution < -0.4 is 15.4 Å². The zero-order valence-corrected chi connectivity index (χ0v) is 12.1. The van der Waals surface area contributed by atoms with Crippen LogP contribution in [-0.4, -0.2) is 31.7 Å². The molecule has 1 atom stereocenters. The van der Waals surface area contributed by atoms with Crippen molar-refractivity contribution in [1.29, 1.82) is 0 Å². The highest BCUT2D eigenvalue weighted by atomic mass is 16.5. The van der Waals surface area contributed by atoms with Crippen LogP contribution in [0.15, 0.2) is 54.6 Å². The molecule has 1 heterocycles. The van der Waals surface area contributed by atoms with Crippen molar-refractivity contribution in [2.45, 2.75) is 6.04 Å². The van der Waals surface area contributed by atoms with E-state index < -0.39 is 0 Å². The second-order valence-corrected chi connectivity index (χ2v) is 5.01. The molecule has 1 aliphatic heterocycles. The van der Waals surface area contributed by atoms with E-state index in [0.29, 0.717) is 19.8 Å². The monoisotopic (exact) mass is 298 g/mol. The molecule has 1 aliphatic rings. The van der Waals surface area contributed by atoms with E-state index in [4.69, 9.17) is 9.47 Å². The van der Waals surface area contributed by atoms with Crippen molar-refractivity contribution in [2.24, 2.45) is 0 Å². The zero-order chi connectivity index (χ0) is 15.2.